The third-order valence-electron chi connectivity index (χ3n) is 4.50. The van der Waals surface area contributed by atoms with Crippen LogP contribution < -0.4 is 0 Å². The second kappa shape index (κ2) is 7.45. The predicted octanol–water partition coefficient (Wildman–Crippen LogP) is 0.187. The molecule has 2 amide bonds. The number of aryl methyl sites for hydroxylation is 2. The van der Waals surface area contributed by atoms with E-state index in [-0.39, 0.29) is 24.8 Å². The van der Waals surface area contributed by atoms with Crippen molar-refractivity contribution in [3.63, 3.8) is 0 Å². The van der Waals surface area contributed by atoms with Crippen LogP contribution in [0.2, 0.25) is 0 Å². The third kappa shape index (κ3) is 4.04. The first-order valence-corrected chi connectivity index (χ1v) is 8.36. The molecule has 3 rings (SSSR count). The smallest absolute Gasteiger partial charge is 0.242 e. The Labute approximate surface area is 145 Å². The molecule has 3 heterocycles. The van der Waals surface area contributed by atoms with E-state index in [1.54, 1.807) is 24.2 Å². The maximum atomic E-state index is 12.5. The molecule has 1 aliphatic rings. The minimum absolute atomic E-state index is 0.0152. The molecular weight excluding hydrogens is 324 g/mol. The Kier molecular flexibility index (Phi) is 5.11. The fraction of sp³-hybridized carbons (Fsp3) is 0.562. The van der Waals surface area contributed by atoms with Gasteiger partial charge in [-0.3, -0.25) is 9.59 Å². The highest BCUT2D eigenvalue weighted by Crippen LogP contribution is 2.09. The number of rotatable bonds is 4. The summed E-state index contributed by atoms with van der Waals surface area (Å²) in [7, 11) is 0. The normalized spacial score (nSPS) is 15.3. The molecule has 0 spiro atoms. The highest BCUT2D eigenvalue weighted by atomic mass is 16.6. The van der Waals surface area contributed by atoms with Crippen molar-refractivity contribution in [2.24, 2.45) is 0 Å². The van der Waals surface area contributed by atoms with Crippen LogP contribution in [-0.2, 0) is 22.6 Å². The van der Waals surface area contributed by atoms with E-state index in [1.807, 2.05) is 16.4 Å². The number of aromatic nitrogens is 4. The molecule has 0 aliphatic carbocycles. The van der Waals surface area contributed by atoms with E-state index in [0.717, 1.165) is 12.2 Å². The van der Waals surface area contributed by atoms with Gasteiger partial charge in [0.1, 0.15) is 23.8 Å². The summed E-state index contributed by atoms with van der Waals surface area (Å²) in [5.41, 5.74) is 1.20. The zero-order valence-electron chi connectivity index (χ0n) is 14.5. The molecular formula is C16H22N6O3. The van der Waals surface area contributed by atoms with E-state index in [1.165, 1.54) is 0 Å². The number of hydrogen-bond donors (Lipinski definition) is 0. The highest BCUT2D eigenvalue weighted by molar-refractivity contribution is 5.79. The molecule has 9 nitrogen and oxygen atoms in total. The first-order chi connectivity index (χ1) is 12.0. The second-order valence-electron chi connectivity index (χ2n) is 6.19. The molecule has 9 heteroatoms. The number of amides is 2. The fourth-order valence-corrected chi connectivity index (χ4v) is 2.90. The zero-order valence-corrected chi connectivity index (χ0v) is 14.5. The molecule has 0 bridgehead atoms. The summed E-state index contributed by atoms with van der Waals surface area (Å²) < 4.78 is 6.47. The molecule has 1 aliphatic heterocycles. The van der Waals surface area contributed by atoms with Crippen molar-refractivity contribution in [1.29, 1.82) is 0 Å². The topological polar surface area (TPSA) is 97.4 Å². The number of imidazole rings is 1. The second-order valence-corrected chi connectivity index (χ2v) is 6.19. The van der Waals surface area contributed by atoms with Gasteiger partial charge in [-0.15, -0.1) is 0 Å². The van der Waals surface area contributed by atoms with E-state index in [9.17, 15) is 9.59 Å². The van der Waals surface area contributed by atoms with Gasteiger partial charge in [0.25, 0.3) is 0 Å². The van der Waals surface area contributed by atoms with Crippen LogP contribution >= 0.6 is 0 Å². The summed E-state index contributed by atoms with van der Waals surface area (Å²) in [5.74, 6) is 0.849. The van der Waals surface area contributed by atoms with Crippen molar-refractivity contribution in [1.82, 2.24) is 29.7 Å². The third-order valence-corrected chi connectivity index (χ3v) is 4.50. The lowest BCUT2D eigenvalue weighted by Crippen LogP contribution is -2.39. The van der Waals surface area contributed by atoms with Gasteiger partial charge in [-0.05, 0) is 20.3 Å². The van der Waals surface area contributed by atoms with Gasteiger partial charge in [-0.2, -0.15) is 0 Å². The largest absolute Gasteiger partial charge is 0.341 e. The van der Waals surface area contributed by atoms with E-state index < -0.39 is 0 Å². The zero-order chi connectivity index (χ0) is 17.8. The molecule has 0 saturated carbocycles. The van der Waals surface area contributed by atoms with Gasteiger partial charge in [0.2, 0.25) is 11.8 Å². The lowest BCUT2D eigenvalue weighted by Gasteiger charge is -2.22. The maximum absolute atomic E-state index is 12.5. The Bertz CT molecular complexity index is 690. The van der Waals surface area contributed by atoms with Gasteiger partial charge in [0.15, 0.2) is 0 Å². The first kappa shape index (κ1) is 17.1. The van der Waals surface area contributed by atoms with Crippen molar-refractivity contribution < 1.29 is 14.2 Å². The Balaban J connectivity index is 1.55. The van der Waals surface area contributed by atoms with E-state index >= 15 is 0 Å². The van der Waals surface area contributed by atoms with Gasteiger partial charge in [-0.1, -0.05) is 10.3 Å². The van der Waals surface area contributed by atoms with Crippen molar-refractivity contribution >= 4 is 11.8 Å². The van der Waals surface area contributed by atoms with Crippen LogP contribution in [0.4, 0.5) is 0 Å². The van der Waals surface area contributed by atoms with Crippen LogP contribution in [0, 0.1) is 13.8 Å². The lowest BCUT2D eigenvalue weighted by atomic mass is 10.2. The summed E-state index contributed by atoms with van der Waals surface area (Å²) in [4.78, 5) is 32.7. The minimum atomic E-state index is -0.0152. The Hall–Kier alpha value is -2.71. The van der Waals surface area contributed by atoms with Gasteiger partial charge in [0.05, 0.1) is 6.42 Å². The van der Waals surface area contributed by atoms with Gasteiger partial charge < -0.3 is 14.4 Å². The number of carbonyl (C=O) groups excluding carboxylic acids is 2. The molecule has 1 fully saturated rings. The summed E-state index contributed by atoms with van der Waals surface area (Å²) in [6.07, 6.45) is 4.43. The van der Waals surface area contributed by atoms with Gasteiger partial charge in [-0.25, -0.2) is 9.61 Å². The summed E-state index contributed by atoms with van der Waals surface area (Å²) >= 11 is 0. The molecule has 0 N–H and O–H groups in total. The quantitative estimate of drug-likeness (QED) is 0.784. The number of carbonyl (C=O) groups is 2. The van der Waals surface area contributed by atoms with Crippen molar-refractivity contribution in [2.45, 2.75) is 33.2 Å². The van der Waals surface area contributed by atoms with Crippen LogP contribution in [0.25, 0.3) is 0 Å². The van der Waals surface area contributed by atoms with Crippen LogP contribution in [0.5, 0.6) is 0 Å². The van der Waals surface area contributed by atoms with E-state index in [0.29, 0.717) is 37.6 Å². The Morgan fingerprint density at radius 2 is 1.80 bits per heavy atom. The Morgan fingerprint density at radius 3 is 2.40 bits per heavy atom. The van der Waals surface area contributed by atoms with Crippen LogP contribution in [0.3, 0.4) is 0 Å². The molecule has 0 aromatic carbocycles. The molecule has 134 valence electrons. The van der Waals surface area contributed by atoms with Crippen LogP contribution in [0.1, 0.15) is 23.6 Å². The monoisotopic (exact) mass is 346 g/mol. The average molecular weight is 346 g/mol. The summed E-state index contributed by atoms with van der Waals surface area (Å²) in [6, 6.07) is 0. The molecule has 2 aromatic rings. The summed E-state index contributed by atoms with van der Waals surface area (Å²) in [5, 5.41) is 7.45. The molecule has 0 unspecified atom stereocenters. The standard InChI is InChI=1S/C16H22N6O3/c1-12-14(19-25-18-12)10-15(23)20-5-3-6-21(9-8-20)16(24)11-22-7-4-17-13(22)2/h4,7H,3,5-6,8-11H2,1-2H3. The number of nitrogens with zero attached hydrogens (tertiary/aromatic N) is 6. The number of hydrogen-bond acceptors (Lipinski definition) is 6. The minimum Gasteiger partial charge on any atom is -0.341 e. The molecule has 2 aromatic heterocycles. The lowest BCUT2D eigenvalue weighted by molar-refractivity contribution is -0.133. The molecule has 1 saturated heterocycles. The van der Waals surface area contributed by atoms with Gasteiger partial charge in [0, 0.05) is 38.6 Å². The van der Waals surface area contributed by atoms with Crippen LogP contribution in [-0.4, -0.2) is 67.7 Å². The summed E-state index contributed by atoms with van der Waals surface area (Å²) in [6.45, 7) is 6.27. The van der Waals surface area contributed by atoms with E-state index in [4.69, 9.17) is 0 Å². The van der Waals surface area contributed by atoms with E-state index in [2.05, 4.69) is 19.9 Å². The SMILES string of the molecule is Cc1nonc1CC(=O)N1CCCN(C(=O)Cn2ccnc2C)CC1. The fourth-order valence-electron chi connectivity index (χ4n) is 2.90. The molecule has 25 heavy (non-hydrogen) atoms. The van der Waals surface area contributed by atoms with Crippen molar-refractivity contribution in [3.8, 4) is 0 Å². The Morgan fingerprint density at radius 1 is 1.08 bits per heavy atom. The predicted molar refractivity (Wildman–Crippen MR) is 87.5 cm³/mol. The van der Waals surface area contributed by atoms with Crippen molar-refractivity contribution in [2.75, 3.05) is 26.2 Å². The first-order valence-electron chi connectivity index (χ1n) is 8.36. The average Bonchev–Trinajstić information content (AvgIpc) is 3.08. The van der Waals surface area contributed by atoms with Crippen LogP contribution in [0.15, 0.2) is 17.0 Å². The molecule has 0 radical (unpaired) electrons. The maximum Gasteiger partial charge on any atom is 0.242 e. The highest BCUT2D eigenvalue weighted by Gasteiger charge is 2.23. The molecule has 0 atom stereocenters. The van der Waals surface area contributed by atoms with Crippen molar-refractivity contribution in [3.05, 3.63) is 29.6 Å². The van der Waals surface area contributed by atoms with Gasteiger partial charge >= 0.3 is 0 Å².